The summed E-state index contributed by atoms with van der Waals surface area (Å²) in [5.74, 6) is 0.612. The quantitative estimate of drug-likeness (QED) is 0.766. The molecule has 2 nitrogen and oxygen atoms in total. The van der Waals surface area contributed by atoms with E-state index in [0.717, 1.165) is 18.5 Å². The van der Waals surface area contributed by atoms with Crippen molar-refractivity contribution < 1.29 is 0 Å². The Morgan fingerprint density at radius 1 is 1.40 bits per heavy atom. The summed E-state index contributed by atoms with van der Waals surface area (Å²) in [4.78, 5) is 0.532. The van der Waals surface area contributed by atoms with E-state index < -0.39 is 0 Å². The summed E-state index contributed by atoms with van der Waals surface area (Å²) in [6, 6.07) is 0. The number of aryl methyl sites for hydroxylation is 2. The SMILES string of the molecule is CCc1nn(C)c(CC(C)C(C)Br)c1Br. The average molecular weight is 338 g/mol. The smallest absolute Gasteiger partial charge is 0.0766 e. The molecule has 0 aliphatic carbocycles. The van der Waals surface area contributed by atoms with Gasteiger partial charge in [-0.2, -0.15) is 5.10 Å². The van der Waals surface area contributed by atoms with Gasteiger partial charge in [0.05, 0.1) is 15.9 Å². The predicted molar refractivity (Wildman–Crippen MR) is 71.5 cm³/mol. The molecular formula is C11H18Br2N2. The van der Waals surface area contributed by atoms with Crippen molar-refractivity contribution in [1.82, 2.24) is 9.78 Å². The van der Waals surface area contributed by atoms with Crippen LogP contribution in [0.25, 0.3) is 0 Å². The number of hydrogen-bond donors (Lipinski definition) is 0. The van der Waals surface area contributed by atoms with Gasteiger partial charge in [-0.3, -0.25) is 4.68 Å². The standard InChI is InChI=1S/C11H18Br2N2/c1-5-9-11(13)10(15(4)14-9)6-7(2)8(3)12/h7-8H,5-6H2,1-4H3. The van der Waals surface area contributed by atoms with Crippen LogP contribution in [0.2, 0.25) is 0 Å². The van der Waals surface area contributed by atoms with Gasteiger partial charge in [0.2, 0.25) is 0 Å². The maximum atomic E-state index is 4.50. The Morgan fingerprint density at radius 3 is 2.40 bits per heavy atom. The van der Waals surface area contributed by atoms with E-state index in [-0.39, 0.29) is 0 Å². The molecule has 0 radical (unpaired) electrons. The van der Waals surface area contributed by atoms with Crippen LogP contribution in [0.5, 0.6) is 0 Å². The van der Waals surface area contributed by atoms with E-state index >= 15 is 0 Å². The van der Waals surface area contributed by atoms with Gasteiger partial charge in [-0.25, -0.2) is 0 Å². The van der Waals surface area contributed by atoms with Gasteiger partial charge < -0.3 is 0 Å². The van der Waals surface area contributed by atoms with Crippen LogP contribution in [0.4, 0.5) is 0 Å². The summed E-state index contributed by atoms with van der Waals surface area (Å²) in [6.07, 6.45) is 2.03. The van der Waals surface area contributed by atoms with Crippen LogP contribution in [0.15, 0.2) is 4.47 Å². The molecule has 15 heavy (non-hydrogen) atoms. The van der Waals surface area contributed by atoms with Gasteiger partial charge in [-0.15, -0.1) is 0 Å². The van der Waals surface area contributed by atoms with E-state index in [1.807, 2.05) is 11.7 Å². The molecule has 0 amide bonds. The molecule has 0 fully saturated rings. The molecule has 1 aromatic heterocycles. The zero-order valence-corrected chi connectivity index (χ0v) is 12.9. The lowest BCUT2D eigenvalue weighted by molar-refractivity contribution is 0.548. The summed E-state index contributed by atoms with van der Waals surface area (Å²) in [7, 11) is 2.02. The lowest BCUT2D eigenvalue weighted by Crippen LogP contribution is -2.12. The van der Waals surface area contributed by atoms with E-state index in [1.165, 1.54) is 10.2 Å². The summed E-state index contributed by atoms with van der Waals surface area (Å²) in [5, 5.41) is 4.50. The predicted octanol–water partition coefficient (Wildman–Crippen LogP) is 3.71. The van der Waals surface area contributed by atoms with Crippen LogP contribution in [-0.2, 0) is 19.9 Å². The van der Waals surface area contributed by atoms with Crippen molar-refractivity contribution in [2.24, 2.45) is 13.0 Å². The Morgan fingerprint density at radius 2 is 2.00 bits per heavy atom. The second kappa shape index (κ2) is 5.48. The first-order valence-electron chi connectivity index (χ1n) is 5.31. The molecule has 1 rings (SSSR count). The zero-order chi connectivity index (χ0) is 11.6. The number of rotatable bonds is 4. The molecule has 0 saturated heterocycles. The van der Waals surface area contributed by atoms with Crippen molar-refractivity contribution in [3.05, 3.63) is 15.9 Å². The number of alkyl halides is 1. The van der Waals surface area contributed by atoms with Gasteiger partial charge in [0.15, 0.2) is 0 Å². The molecule has 0 aliphatic rings. The third kappa shape index (κ3) is 3.06. The van der Waals surface area contributed by atoms with Gasteiger partial charge >= 0.3 is 0 Å². The third-order valence-corrected chi connectivity index (χ3v) is 4.62. The van der Waals surface area contributed by atoms with Gasteiger partial charge in [-0.1, -0.05) is 36.7 Å². The molecule has 2 unspecified atom stereocenters. The van der Waals surface area contributed by atoms with Crippen molar-refractivity contribution in [2.45, 2.75) is 38.4 Å². The van der Waals surface area contributed by atoms with E-state index in [1.54, 1.807) is 0 Å². The van der Waals surface area contributed by atoms with E-state index in [9.17, 15) is 0 Å². The second-order valence-corrected chi connectivity index (χ2v) is 6.28. The van der Waals surface area contributed by atoms with Gasteiger partial charge in [0, 0.05) is 11.9 Å². The molecule has 0 aliphatic heterocycles. The average Bonchev–Trinajstić information content (AvgIpc) is 2.44. The van der Waals surface area contributed by atoms with E-state index in [2.05, 4.69) is 57.7 Å². The van der Waals surface area contributed by atoms with Crippen LogP contribution in [0.1, 0.15) is 32.2 Å². The lowest BCUT2D eigenvalue weighted by atomic mass is 10.0. The first-order valence-corrected chi connectivity index (χ1v) is 7.02. The van der Waals surface area contributed by atoms with Crippen molar-refractivity contribution in [3.8, 4) is 0 Å². The fourth-order valence-corrected chi connectivity index (χ4v) is 2.47. The maximum Gasteiger partial charge on any atom is 0.0766 e. The topological polar surface area (TPSA) is 17.8 Å². The molecule has 0 bridgehead atoms. The number of nitrogens with zero attached hydrogens (tertiary/aromatic N) is 2. The molecule has 1 heterocycles. The molecule has 2 atom stereocenters. The highest BCUT2D eigenvalue weighted by molar-refractivity contribution is 9.10. The summed E-state index contributed by atoms with van der Waals surface area (Å²) < 4.78 is 3.18. The van der Waals surface area contributed by atoms with Crippen LogP contribution in [0.3, 0.4) is 0 Å². The number of aromatic nitrogens is 2. The minimum Gasteiger partial charge on any atom is -0.271 e. The Balaban J connectivity index is 2.89. The normalized spacial score (nSPS) is 15.3. The Labute approximate surface area is 109 Å². The largest absolute Gasteiger partial charge is 0.271 e. The summed E-state index contributed by atoms with van der Waals surface area (Å²) >= 11 is 7.27. The summed E-state index contributed by atoms with van der Waals surface area (Å²) in [5.41, 5.74) is 2.45. The fourth-order valence-electron chi connectivity index (χ4n) is 1.51. The molecule has 0 spiro atoms. The number of hydrogen-bond acceptors (Lipinski definition) is 1. The van der Waals surface area contributed by atoms with Gasteiger partial charge in [0.1, 0.15) is 0 Å². The summed E-state index contributed by atoms with van der Waals surface area (Å²) in [6.45, 7) is 6.58. The van der Waals surface area contributed by atoms with Crippen molar-refractivity contribution >= 4 is 31.9 Å². The van der Waals surface area contributed by atoms with Crippen LogP contribution in [-0.4, -0.2) is 14.6 Å². The Kier molecular flexibility index (Phi) is 4.84. The first-order chi connectivity index (χ1) is 6.97. The maximum absolute atomic E-state index is 4.50. The van der Waals surface area contributed by atoms with Crippen molar-refractivity contribution in [3.63, 3.8) is 0 Å². The molecule has 0 aromatic carbocycles. The molecule has 0 N–H and O–H groups in total. The molecule has 1 aromatic rings. The van der Waals surface area contributed by atoms with Crippen LogP contribution < -0.4 is 0 Å². The van der Waals surface area contributed by atoms with E-state index in [4.69, 9.17) is 0 Å². The Hall–Kier alpha value is 0.170. The van der Waals surface area contributed by atoms with Crippen LogP contribution in [0, 0.1) is 5.92 Å². The zero-order valence-electron chi connectivity index (χ0n) is 9.72. The molecular weight excluding hydrogens is 320 g/mol. The lowest BCUT2D eigenvalue weighted by Gasteiger charge is -2.14. The minimum absolute atomic E-state index is 0.532. The fraction of sp³-hybridized carbons (Fsp3) is 0.727. The van der Waals surface area contributed by atoms with Crippen LogP contribution >= 0.6 is 31.9 Å². The third-order valence-electron chi connectivity index (χ3n) is 2.80. The van der Waals surface area contributed by atoms with Crippen molar-refractivity contribution in [1.29, 1.82) is 0 Å². The van der Waals surface area contributed by atoms with Crippen molar-refractivity contribution in [2.75, 3.05) is 0 Å². The molecule has 4 heteroatoms. The highest BCUT2D eigenvalue weighted by atomic mass is 79.9. The highest BCUT2D eigenvalue weighted by Crippen LogP contribution is 2.26. The highest BCUT2D eigenvalue weighted by Gasteiger charge is 2.17. The van der Waals surface area contributed by atoms with E-state index in [0.29, 0.717) is 10.7 Å². The molecule has 86 valence electrons. The second-order valence-electron chi connectivity index (χ2n) is 4.04. The number of halogens is 2. The Bertz CT molecular complexity index is 332. The van der Waals surface area contributed by atoms with Gasteiger partial charge in [-0.05, 0) is 34.7 Å². The monoisotopic (exact) mass is 336 g/mol. The minimum atomic E-state index is 0.532. The first kappa shape index (κ1) is 13.2. The van der Waals surface area contributed by atoms with Gasteiger partial charge in [0.25, 0.3) is 0 Å². The molecule has 0 saturated carbocycles.